The number of aliphatic hydroxyl groups is 2. The third-order valence-electron chi connectivity index (χ3n) is 15.3. The zero-order valence-electron chi connectivity index (χ0n) is 52.1. The Kier molecular flexibility index (Phi) is 31.7. The van der Waals surface area contributed by atoms with E-state index in [2.05, 4.69) is 44.1 Å². The van der Waals surface area contributed by atoms with Gasteiger partial charge in [0.15, 0.2) is 6.10 Å². The molecule has 0 bridgehead atoms. The van der Waals surface area contributed by atoms with E-state index in [1.165, 1.54) is 40.7 Å². The topological polar surface area (TPSA) is 527 Å². The zero-order valence-corrected chi connectivity index (χ0v) is 52.1. The smallest absolute Gasteiger partial charge is 0.335 e. The molecular weight excluding hydrogens is 1190 g/mol. The molecule has 90 heavy (non-hydrogen) atoms. The molecule has 2 heterocycles. The number of carboxylic acid groups (broad SMARTS) is 4. The van der Waals surface area contributed by atoms with Crippen molar-refractivity contribution < 1.29 is 103 Å². The van der Waals surface area contributed by atoms with E-state index in [1.54, 1.807) is 12.2 Å². The first-order valence-corrected chi connectivity index (χ1v) is 29.6. The number of nitrogens with one attached hydrogen (secondary N) is 10. The number of hydrogen-bond donors (Lipinski definition) is 17. The van der Waals surface area contributed by atoms with E-state index in [9.17, 15) is 103 Å². The maximum Gasteiger partial charge on any atom is 0.335 e. The van der Waals surface area contributed by atoms with Crippen LogP contribution >= 0.6 is 0 Å². The molecule has 18 N–H and O–H groups in total. The van der Waals surface area contributed by atoms with Crippen molar-refractivity contribution in [1.29, 1.82) is 0 Å². The van der Waals surface area contributed by atoms with Gasteiger partial charge in [0.05, 0.1) is 36.9 Å². The van der Waals surface area contributed by atoms with Crippen LogP contribution in [0, 0.1) is 35.5 Å². The summed E-state index contributed by atoms with van der Waals surface area (Å²) < 4.78 is 0. The quantitative estimate of drug-likeness (QED) is 0.0260. The number of carbonyl (C=O) groups is 15. The summed E-state index contributed by atoms with van der Waals surface area (Å²) in [6.07, 6.45) is 2.28. The first-order valence-electron chi connectivity index (χ1n) is 29.6. The van der Waals surface area contributed by atoms with Crippen LogP contribution in [0.2, 0.25) is 0 Å². The highest BCUT2D eigenvalue weighted by molar-refractivity contribution is 6.02. The van der Waals surface area contributed by atoms with Crippen LogP contribution in [0.15, 0.2) is 24.3 Å². The lowest BCUT2D eigenvalue weighted by atomic mass is 9.97. The molecule has 2 rings (SSSR count). The predicted molar refractivity (Wildman–Crippen MR) is 316 cm³/mol. The molecule has 2 saturated heterocycles. The Morgan fingerprint density at radius 1 is 0.667 bits per heavy atom. The van der Waals surface area contributed by atoms with Gasteiger partial charge in [-0.05, 0) is 77.2 Å². The number of aliphatic carboxylic acids is 4. The highest BCUT2D eigenvalue weighted by Gasteiger charge is 2.49. The summed E-state index contributed by atoms with van der Waals surface area (Å²) in [4.78, 5) is 205. The van der Waals surface area contributed by atoms with Crippen molar-refractivity contribution in [3.8, 4) is 0 Å². The lowest BCUT2D eigenvalue weighted by Gasteiger charge is -2.34. The third kappa shape index (κ3) is 23.4. The Morgan fingerprint density at radius 3 is 1.80 bits per heavy atom. The Labute approximate surface area is 520 Å². The highest BCUT2D eigenvalue weighted by atomic mass is 16.4. The van der Waals surface area contributed by atoms with E-state index < -0.39 is 204 Å². The van der Waals surface area contributed by atoms with Gasteiger partial charge in [0.2, 0.25) is 65.0 Å². The molecule has 0 aromatic rings. The molecular formula is C57H90N12O21. The van der Waals surface area contributed by atoms with Gasteiger partial charge in [-0.2, -0.15) is 0 Å². The fourth-order valence-corrected chi connectivity index (χ4v) is 9.41. The second-order valence-corrected chi connectivity index (χ2v) is 23.3. The van der Waals surface area contributed by atoms with Gasteiger partial charge in [-0.15, -0.1) is 0 Å². The Balaban J connectivity index is 3.00. The number of fused-ring (bicyclic) bond motifs is 1. The standard InChI is InChI=1S/C57H90N12O21/c1-11-27(6)18-14-12-13-15-20-34(70)63-39(29(8)55(85)86)50(80)67-41-31(10)60-53(83)43-44(74)28(7)24-69(43)54(84)38(26(4)5)66-49(79)40(30(9)56(87)88)64-35(71)23-59-46(76)33(22-36(72)73)62-52(82)42(45(75)57(89)90)68-47(77)32(19-16-17-21-58)61-48(78)37(25(2)3)65-51(41)81/h12-13,15,20,25-33,37-45,74-75H,11,14,16-19,21-24,58H2,1-10H3,(H,59,76)(H,60,83)(H,61,78)(H,62,82)(H,63,70)(H,64,71)(H,65,81)(H,66,79)(H,67,80)(H,68,77)(H,72,73)(H,85,86)(H,87,88)(H,89,90)/b13-12-,20-15+/t27?,28-,29?,30?,31?,32-,33-,37+,38-,39-,40+,41-,42-,43-,44?,45?/m0/s1. The second-order valence-electron chi connectivity index (χ2n) is 23.3. The summed E-state index contributed by atoms with van der Waals surface area (Å²) >= 11 is 0. The second kappa shape index (κ2) is 36.8. The molecule has 6 unspecified atom stereocenters. The van der Waals surface area contributed by atoms with E-state index in [0.717, 1.165) is 44.6 Å². The van der Waals surface area contributed by atoms with Gasteiger partial charge in [-0.25, -0.2) is 4.79 Å². The van der Waals surface area contributed by atoms with Crippen LogP contribution in [-0.2, 0) is 71.9 Å². The first-order chi connectivity index (χ1) is 42.0. The van der Waals surface area contributed by atoms with Gasteiger partial charge >= 0.3 is 23.9 Å². The molecule has 504 valence electrons. The molecule has 0 saturated carbocycles. The van der Waals surface area contributed by atoms with Gasteiger partial charge < -0.3 is 94.4 Å². The number of allylic oxidation sites excluding steroid dienone is 3. The van der Waals surface area contributed by atoms with E-state index in [0.29, 0.717) is 12.3 Å². The summed E-state index contributed by atoms with van der Waals surface area (Å²) in [5.74, 6) is -27.1. The number of hydrogen-bond acceptors (Lipinski definition) is 18. The lowest BCUT2D eigenvalue weighted by molar-refractivity contribution is -0.153. The number of carbonyl (C=O) groups excluding carboxylic acids is 11. The molecule has 33 heteroatoms. The van der Waals surface area contributed by atoms with Crippen LogP contribution in [0.4, 0.5) is 0 Å². The minimum absolute atomic E-state index is 0.0393. The minimum Gasteiger partial charge on any atom is -0.481 e. The summed E-state index contributed by atoms with van der Waals surface area (Å²) in [5.41, 5.74) is 5.69. The Bertz CT molecular complexity index is 2690. The summed E-state index contributed by atoms with van der Waals surface area (Å²) in [6.45, 7) is 13.0. The van der Waals surface area contributed by atoms with Gasteiger partial charge in [0, 0.05) is 18.5 Å². The number of nitrogens with two attached hydrogens (primary N) is 1. The van der Waals surface area contributed by atoms with Crippen LogP contribution in [0.25, 0.3) is 0 Å². The maximum atomic E-state index is 14.9. The maximum absolute atomic E-state index is 14.9. The molecule has 0 aromatic heterocycles. The zero-order chi connectivity index (χ0) is 68.6. The summed E-state index contributed by atoms with van der Waals surface area (Å²) in [6, 6.07) is -19.6. The fourth-order valence-electron chi connectivity index (χ4n) is 9.41. The van der Waals surface area contributed by atoms with Crippen LogP contribution in [-0.4, -0.2) is 217 Å². The van der Waals surface area contributed by atoms with Crippen LogP contribution in [0.1, 0.15) is 114 Å². The number of amides is 11. The van der Waals surface area contributed by atoms with Crippen LogP contribution in [0.5, 0.6) is 0 Å². The normalized spacial score (nSPS) is 26.8. The van der Waals surface area contributed by atoms with Crippen molar-refractivity contribution in [1.82, 2.24) is 58.1 Å². The van der Waals surface area contributed by atoms with E-state index in [-0.39, 0.29) is 32.4 Å². The van der Waals surface area contributed by atoms with Crippen molar-refractivity contribution in [2.75, 3.05) is 19.6 Å². The van der Waals surface area contributed by atoms with Crippen LogP contribution in [0.3, 0.4) is 0 Å². The average molecular weight is 1280 g/mol. The molecule has 16 atom stereocenters. The number of carboxylic acids is 4. The van der Waals surface area contributed by atoms with Crippen molar-refractivity contribution in [3.05, 3.63) is 24.3 Å². The molecule has 0 aromatic carbocycles. The lowest BCUT2D eigenvalue weighted by Crippen LogP contribution is -2.66. The molecule has 11 amide bonds. The van der Waals surface area contributed by atoms with Gasteiger partial charge in [-0.3, -0.25) is 67.1 Å². The number of nitrogens with zero attached hydrogens (tertiary/aromatic N) is 1. The molecule has 33 nitrogen and oxygen atoms in total. The Morgan fingerprint density at radius 2 is 1.24 bits per heavy atom. The van der Waals surface area contributed by atoms with Crippen molar-refractivity contribution in [2.45, 2.75) is 187 Å². The molecule has 2 aliphatic rings. The molecule has 0 aliphatic carbocycles. The van der Waals surface area contributed by atoms with Gasteiger partial charge in [-0.1, -0.05) is 73.1 Å². The molecule has 0 spiro atoms. The Hall–Kier alpha value is -8.59. The number of rotatable bonds is 23. The van der Waals surface area contributed by atoms with Gasteiger partial charge in [0.1, 0.15) is 54.4 Å². The largest absolute Gasteiger partial charge is 0.481 e. The minimum atomic E-state index is -2.85. The van der Waals surface area contributed by atoms with E-state index in [4.69, 9.17) is 5.73 Å². The SMILES string of the molecule is CCC(C)CC/C=C\C=C\C(=O)N[C@H](C(=O)N[C@@H]1C(=O)N[C@H](C(C)C)C(=O)N[C@@H](CCCCN)C(=O)N[C@@H](C(O)C(=O)O)C(=O)N[C@@H](CC(=O)O)C(=O)NCC(=O)N[C@H](C(C)C(=O)O)C(=O)N[C@@H](C(C)C)C(=O)N2C[C@H](C)C(O)[C@H]2C(=O)NC1C)C(C)C(=O)O. The van der Waals surface area contributed by atoms with Crippen molar-refractivity contribution in [2.24, 2.45) is 41.2 Å². The highest BCUT2D eigenvalue weighted by Crippen LogP contribution is 2.27. The number of unbranched alkanes of at least 4 members (excludes halogenated alkanes) is 1. The average Bonchev–Trinajstić information content (AvgIpc) is 1.65. The van der Waals surface area contributed by atoms with Gasteiger partial charge in [0.25, 0.3) is 0 Å². The summed E-state index contributed by atoms with van der Waals surface area (Å²) in [7, 11) is 0. The third-order valence-corrected chi connectivity index (χ3v) is 15.3. The fraction of sp³-hybridized carbons (Fsp3) is 0.667. The number of aliphatic hydroxyl groups excluding tert-OH is 2. The monoisotopic (exact) mass is 1280 g/mol. The van der Waals surface area contributed by atoms with Crippen molar-refractivity contribution >= 4 is 88.9 Å². The van der Waals surface area contributed by atoms with E-state index in [1.807, 2.05) is 22.9 Å². The predicted octanol–water partition coefficient (Wildman–Crippen LogP) is -4.55. The molecule has 2 aliphatic heterocycles. The molecule has 0 radical (unpaired) electrons. The van der Waals surface area contributed by atoms with E-state index >= 15 is 0 Å². The summed E-state index contributed by atoms with van der Waals surface area (Å²) in [5, 5.41) is 84.4. The molecule has 2 fully saturated rings. The first kappa shape index (κ1) is 77.5. The van der Waals surface area contributed by atoms with Crippen LogP contribution < -0.4 is 58.9 Å². The van der Waals surface area contributed by atoms with Crippen molar-refractivity contribution in [3.63, 3.8) is 0 Å².